The van der Waals surface area contributed by atoms with Crippen molar-refractivity contribution < 1.29 is 9.90 Å². The predicted molar refractivity (Wildman–Crippen MR) is 62.6 cm³/mol. The van der Waals surface area contributed by atoms with Crippen molar-refractivity contribution in [1.82, 2.24) is 19.6 Å². The Labute approximate surface area is 100 Å². The van der Waals surface area contributed by atoms with Crippen molar-refractivity contribution in [3.63, 3.8) is 0 Å². The van der Waals surface area contributed by atoms with Gasteiger partial charge in [0.2, 0.25) is 0 Å². The summed E-state index contributed by atoms with van der Waals surface area (Å²) in [6.07, 6.45) is 2.76. The molecule has 1 aliphatic rings. The number of carbonyl (C=O) groups is 1. The molecule has 2 atom stereocenters. The Balaban J connectivity index is 2.08. The first kappa shape index (κ1) is 12.1. The Morgan fingerprint density at radius 3 is 2.71 bits per heavy atom. The molecule has 0 radical (unpaired) electrons. The van der Waals surface area contributed by atoms with Gasteiger partial charge in [-0.15, -0.1) is 0 Å². The maximum Gasteiger partial charge on any atom is 0.257 e. The maximum absolute atomic E-state index is 12.1. The molecule has 1 aromatic heterocycles. The SMILES string of the molecule is CN(C)[C@@H]1CN(C(=O)c2cnn(C)c2)C[C@H]1O. The molecule has 1 N–H and O–H groups in total. The molecular formula is C11H18N4O2. The molecule has 1 fully saturated rings. The lowest BCUT2D eigenvalue weighted by molar-refractivity contribution is 0.0764. The molecule has 1 amide bonds. The number of aliphatic hydroxyl groups is 1. The van der Waals surface area contributed by atoms with E-state index in [1.165, 1.54) is 0 Å². The summed E-state index contributed by atoms with van der Waals surface area (Å²) >= 11 is 0. The van der Waals surface area contributed by atoms with Crippen molar-refractivity contribution in [2.45, 2.75) is 12.1 Å². The van der Waals surface area contributed by atoms with Gasteiger partial charge in [0.15, 0.2) is 0 Å². The van der Waals surface area contributed by atoms with Gasteiger partial charge in [0.1, 0.15) is 0 Å². The van der Waals surface area contributed by atoms with Gasteiger partial charge in [-0.2, -0.15) is 5.10 Å². The van der Waals surface area contributed by atoms with E-state index in [4.69, 9.17) is 0 Å². The number of β-amino-alcohol motifs (C(OH)–C–C–N with tert-alkyl or cyclic N) is 1. The Morgan fingerprint density at radius 2 is 2.24 bits per heavy atom. The van der Waals surface area contributed by atoms with E-state index >= 15 is 0 Å². The lowest BCUT2D eigenvalue weighted by Crippen LogP contribution is -2.38. The summed E-state index contributed by atoms with van der Waals surface area (Å²) in [5.41, 5.74) is 0.569. The Hall–Kier alpha value is -1.40. The Morgan fingerprint density at radius 1 is 1.53 bits per heavy atom. The van der Waals surface area contributed by atoms with Gasteiger partial charge in [0.05, 0.1) is 23.9 Å². The van der Waals surface area contributed by atoms with Crippen LogP contribution in [0.5, 0.6) is 0 Å². The van der Waals surface area contributed by atoms with E-state index in [0.717, 1.165) is 0 Å². The van der Waals surface area contributed by atoms with Crippen LogP contribution >= 0.6 is 0 Å². The van der Waals surface area contributed by atoms with Gasteiger partial charge in [0.25, 0.3) is 5.91 Å². The monoisotopic (exact) mass is 238 g/mol. The van der Waals surface area contributed by atoms with Gasteiger partial charge < -0.3 is 14.9 Å². The minimum Gasteiger partial charge on any atom is -0.390 e. The van der Waals surface area contributed by atoms with Gasteiger partial charge in [0, 0.05) is 26.3 Å². The number of aryl methyl sites for hydroxylation is 1. The average molecular weight is 238 g/mol. The fourth-order valence-corrected chi connectivity index (χ4v) is 2.16. The third-order valence-corrected chi connectivity index (χ3v) is 3.16. The zero-order valence-electron chi connectivity index (χ0n) is 10.4. The normalized spacial score (nSPS) is 24.6. The van der Waals surface area contributed by atoms with Crippen LogP contribution in [0.25, 0.3) is 0 Å². The fourth-order valence-electron chi connectivity index (χ4n) is 2.16. The van der Waals surface area contributed by atoms with E-state index in [-0.39, 0.29) is 11.9 Å². The van der Waals surface area contributed by atoms with Gasteiger partial charge in [-0.25, -0.2) is 0 Å². The van der Waals surface area contributed by atoms with Crippen LogP contribution in [0.2, 0.25) is 0 Å². The van der Waals surface area contributed by atoms with Gasteiger partial charge in [-0.1, -0.05) is 0 Å². The molecule has 2 heterocycles. The lowest BCUT2D eigenvalue weighted by atomic mass is 10.2. The fraction of sp³-hybridized carbons (Fsp3) is 0.636. The molecule has 17 heavy (non-hydrogen) atoms. The standard InChI is InChI=1S/C11H18N4O2/c1-13(2)9-6-15(7-10(9)16)11(17)8-4-12-14(3)5-8/h4-5,9-10,16H,6-7H2,1-3H3/t9-,10-/m1/s1. The van der Waals surface area contributed by atoms with Gasteiger partial charge in [-0.05, 0) is 14.1 Å². The van der Waals surface area contributed by atoms with E-state index in [2.05, 4.69) is 5.10 Å². The molecule has 0 unspecified atom stereocenters. The minimum absolute atomic E-state index is 0.00983. The summed E-state index contributed by atoms with van der Waals surface area (Å²) in [7, 11) is 5.59. The summed E-state index contributed by atoms with van der Waals surface area (Å²) in [6.45, 7) is 0.943. The summed E-state index contributed by atoms with van der Waals surface area (Å²) in [4.78, 5) is 15.7. The largest absolute Gasteiger partial charge is 0.390 e. The molecule has 2 rings (SSSR count). The van der Waals surface area contributed by atoms with E-state index in [9.17, 15) is 9.90 Å². The van der Waals surface area contributed by atoms with Crippen molar-refractivity contribution in [3.05, 3.63) is 18.0 Å². The number of hydrogen-bond donors (Lipinski definition) is 1. The number of likely N-dealkylation sites (tertiary alicyclic amines) is 1. The average Bonchev–Trinajstić information content (AvgIpc) is 2.83. The van der Waals surface area contributed by atoms with Crippen molar-refractivity contribution in [3.8, 4) is 0 Å². The van der Waals surface area contributed by atoms with Crippen LogP contribution in [0.1, 0.15) is 10.4 Å². The van der Waals surface area contributed by atoms with Crippen molar-refractivity contribution in [1.29, 1.82) is 0 Å². The third kappa shape index (κ3) is 2.32. The molecule has 1 aromatic rings. The summed E-state index contributed by atoms with van der Waals surface area (Å²) in [5, 5.41) is 13.9. The quantitative estimate of drug-likeness (QED) is 0.730. The highest BCUT2D eigenvalue weighted by atomic mass is 16.3. The molecule has 0 saturated carbocycles. The van der Waals surface area contributed by atoms with E-state index in [1.807, 2.05) is 19.0 Å². The van der Waals surface area contributed by atoms with Crippen LogP contribution in [0.3, 0.4) is 0 Å². The first-order chi connectivity index (χ1) is 7.99. The molecular weight excluding hydrogens is 220 g/mol. The van der Waals surface area contributed by atoms with Crippen LogP contribution in [-0.2, 0) is 7.05 Å². The second kappa shape index (κ2) is 4.46. The van der Waals surface area contributed by atoms with Crippen molar-refractivity contribution in [2.24, 2.45) is 7.05 Å². The highest BCUT2D eigenvalue weighted by Crippen LogP contribution is 2.16. The van der Waals surface area contributed by atoms with Crippen molar-refractivity contribution >= 4 is 5.91 Å². The summed E-state index contributed by atoms with van der Waals surface area (Å²) in [6, 6.07) is 0.00983. The predicted octanol–water partition coefficient (Wildman–Crippen LogP) is -0.833. The van der Waals surface area contributed by atoms with Crippen molar-refractivity contribution in [2.75, 3.05) is 27.2 Å². The number of aliphatic hydroxyl groups excluding tert-OH is 1. The maximum atomic E-state index is 12.1. The van der Waals surface area contributed by atoms with Gasteiger partial charge >= 0.3 is 0 Å². The van der Waals surface area contributed by atoms with Crippen LogP contribution in [0.15, 0.2) is 12.4 Å². The summed E-state index contributed by atoms with van der Waals surface area (Å²) < 4.78 is 1.60. The number of likely N-dealkylation sites (N-methyl/N-ethyl adjacent to an activating group) is 1. The van der Waals surface area contributed by atoms with E-state index in [1.54, 1.807) is 29.0 Å². The smallest absolute Gasteiger partial charge is 0.257 e. The lowest BCUT2D eigenvalue weighted by Gasteiger charge is -2.21. The van der Waals surface area contributed by atoms with E-state index < -0.39 is 6.10 Å². The summed E-state index contributed by atoms with van der Waals surface area (Å²) in [5.74, 6) is -0.0681. The molecule has 0 bridgehead atoms. The number of carbonyl (C=O) groups excluding carboxylic acids is 1. The van der Waals surface area contributed by atoms with Gasteiger partial charge in [-0.3, -0.25) is 9.48 Å². The number of hydrogen-bond acceptors (Lipinski definition) is 4. The number of amides is 1. The second-order valence-corrected chi connectivity index (χ2v) is 4.71. The van der Waals surface area contributed by atoms with Crippen LogP contribution in [0, 0.1) is 0 Å². The molecule has 0 spiro atoms. The molecule has 6 heteroatoms. The number of nitrogens with zero attached hydrogens (tertiary/aromatic N) is 4. The highest BCUT2D eigenvalue weighted by Gasteiger charge is 2.35. The zero-order valence-corrected chi connectivity index (χ0v) is 10.4. The second-order valence-electron chi connectivity index (χ2n) is 4.71. The number of rotatable bonds is 2. The molecule has 1 saturated heterocycles. The number of aromatic nitrogens is 2. The topological polar surface area (TPSA) is 61.6 Å². The minimum atomic E-state index is -0.481. The molecule has 6 nitrogen and oxygen atoms in total. The zero-order chi connectivity index (χ0) is 12.6. The third-order valence-electron chi connectivity index (χ3n) is 3.16. The first-order valence-corrected chi connectivity index (χ1v) is 5.61. The Kier molecular flexibility index (Phi) is 3.17. The van der Waals surface area contributed by atoms with E-state index in [0.29, 0.717) is 18.7 Å². The molecule has 0 aliphatic carbocycles. The Bertz CT molecular complexity index is 415. The first-order valence-electron chi connectivity index (χ1n) is 5.61. The molecule has 94 valence electrons. The van der Waals surface area contributed by atoms with Crippen LogP contribution < -0.4 is 0 Å². The highest BCUT2D eigenvalue weighted by molar-refractivity contribution is 5.94. The van der Waals surface area contributed by atoms with Crippen LogP contribution in [0.4, 0.5) is 0 Å². The molecule has 0 aromatic carbocycles. The van der Waals surface area contributed by atoms with Crippen LogP contribution in [-0.4, -0.2) is 69.9 Å². The molecule has 1 aliphatic heterocycles.